The minimum Gasteiger partial charge on any atom is -0.227 e. The zero-order valence-corrected chi connectivity index (χ0v) is 16.1. The van der Waals surface area contributed by atoms with Crippen LogP contribution in [0.15, 0.2) is 48.0 Å². The fourth-order valence-corrected chi connectivity index (χ4v) is 3.40. The molecule has 3 heterocycles. The van der Waals surface area contributed by atoms with Crippen LogP contribution in [0, 0.1) is 11.8 Å². The lowest BCUT2D eigenvalue weighted by atomic mass is 10.1. The van der Waals surface area contributed by atoms with E-state index in [1.807, 2.05) is 17.5 Å². The predicted octanol–water partition coefficient (Wildman–Crippen LogP) is 6.18. The minimum absolute atomic E-state index is 0.0138. The van der Waals surface area contributed by atoms with E-state index in [2.05, 4.69) is 21.9 Å². The van der Waals surface area contributed by atoms with Gasteiger partial charge in [-0.3, -0.25) is 0 Å². The van der Waals surface area contributed by atoms with Gasteiger partial charge in [-0.25, -0.2) is 9.50 Å². The molecule has 0 saturated heterocycles. The van der Waals surface area contributed by atoms with E-state index in [4.69, 9.17) is 23.2 Å². The third-order valence-corrected chi connectivity index (χ3v) is 5.34. The zero-order valence-electron chi connectivity index (χ0n) is 13.8. The Bertz CT molecular complexity index is 1240. The van der Waals surface area contributed by atoms with Gasteiger partial charge in [-0.1, -0.05) is 47.2 Å². The summed E-state index contributed by atoms with van der Waals surface area (Å²) in [6, 6.07) is 9.12. The van der Waals surface area contributed by atoms with Gasteiger partial charge in [0.05, 0.1) is 32.4 Å². The number of aromatic nitrogens is 3. The molecule has 9 heteroatoms. The first-order valence-corrected chi connectivity index (χ1v) is 9.43. The van der Waals surface area contributed by atoms with Crippen LogP contribution in [-0.2, 0) is 6.18 Å². The topological polar surface area (TPSA) is 30.2 Å². The Morgan fingerprint density at radius 1 is 1.04 bits per heavy atom. The van der Waals surface area contributed by atoms with Crippen LogP contribution in [-0.4, -0.2) is 14.6 Å². The SMILES string of the molecule is FC(F)(F)c1cc(-c2ccc(Cl)c(Cl)c2)nc2c(C#Cc3cccs3)cnn12. The molecule has 0 atom stereocenters. The molecule has 0 unspecified atom stereocenters. The summed E-state index contributed by atoms with van der Waals surface area (Å²) in [6.45, 7) is 0. The summed E-state index contributed by atoms with van der Waals surface area (Å²) in [5.41, 5.74) is -0.151. The Balaban J connectivity index is 1.93. The van der Waals surface area contributed by atoms with E-state index in [1.54, 1.807) is 6.07 Å². The number of benzene rings is 1. The number of thiophene rings is 1. The van der Waals surface area contributed by atoms with E-state index in [0.29, 0.717) is 16.1 Å². The molecular weight excluding hydrogens is 430 g/mol. The maximum absolute atomic E-state index is 13.6. The van der Waals surface area contributed by atoms with Crippen LogP contribution in [0.1, 0.15) is 16.1 Å². The van der Waals surface area contributed by atoms with Crippen LogP contribution in [0.5, 0.6) is 0 Å². The lowest BCUT2D eigenvalue weighted by molar-refractivity contribution is -0.142. The number of nitrogens with zero attached hydrogens (tertiary/aromatic N) is 3. The monoisotopic (exact) mass is 437 g/mol. The Morgan fingerprint density at radius 3 is 2.54 bits per heavy atom. The van der Waals surface area contributed by atoms with Crippen molar-refractivity contribution in [2.75, 3.05) is 0 Å². The third kappa shape index (κ3) is 3.59. The normalized spacial score (nSPS) is 11.5. The first kappa shape index (κ1) is 18.8. The van der Waals surface area contributed by atoms with Crippen LogP contribution in [0.2, 0.25) is 10.0 Å². The molecule has 0 radical (unpaired) electrons. The van der Waals surface area contributed by atoms with Crippen molar-refractivity contribution in [2.24, 2.45) is 0 Å². The van der Waals surface area contributed by atoms with Gasteiger partial charge < -0.3 is 0 Å². The number of rotatable bonds is 1. The first-order chi connectivity index (χ1) is 13.3. The second-order valence-corrected chi connectivity index (χ2v) is 7.44. The van der Waals surface area contributed by atoms with Gasteiger partial charge >= 0.3 is 6.18 Å². The van der Waals surface area contributed by atoms with E-state index in [9.17, 15) is 13.2 Å². The van der Waals surface area contributed by atoms with Gasteiger partial charge in [-0.2, -0.15) is 18.3 Å². The minimum atomic E-state index is -4.63. The summed E-state index contributed by atoms with van der Waals surface area (Å²) in [5, 5.41) is 6.23. The van der Waals surface area contributed by atoms with E-state index in [1.165, 1.54) is 29.7 Å². The fraction of sp³-hybridized carbons (Fsp3) is 0.0526. The number of fused-ring (bicyclic) bond motifs is 1. The van der Waals surface area contributed by atoms with Gasteiger partial charge in [0.25, 0.3) is 0 Å². The summed E-state index contributed by atoms with van der Waals surface area (Å²) in [5.74, 6) is 5.76. The van der Waals surface area contributed by atoms with Crippen LogP contribution in [0.25, 0.3) is 16.9 Å². The predicted molar refractivity (Wildman–Crippen MR) is 104 cm³/mol. The first-order valence-electron chi connectivity index (χ1n) is 7.80. The smallest absolute Gasteiger partial charge is 0.227 e. The van der Waals surface area contributed by atoms with Gasteiger partial charge in [0, 0.05) is 5.56 Å². The molecule has 4 rings (SSSR count). The van der Waals surface area contributed by atoms with Crippen molar-refractivity contribution in [1.29, 1.82) is 0 Å². The van der Waals surface area contributed by atoms with E-state index in [0.717, 1.165) is 15.5 Å². The maximum Gasteiger partial charge on any atom is 0.433 e. The molecule has 140 valence electrons. The van der Waals surface area contributed by atoms with Crippen molar-refractivity contribution in [1.82, 2.24) is 14.6 Å². The van der Waals surface area contributed by atoms with Crippen LogP contribution in [0.4, 0.5) is 13.2 Å². The highest BCUT2D eigenvalue weighted by atomic mass is 35.5. The molecule has 0 aliphatic heterocycles. The van der Waals surface area contributed by atoms with Crippen molar-refractivity contribution >= 4 is 40.2 Å². The third-order valence-electron chi connectivity index (χ3n) is 3.82. The molecule has 4 aromatic rings. The quantitative estimate of drug-likeness (QED) is 0.332. The second kappa shape index (κ2) is 7.13. The molecule has 0 aliphatic carbocycles. The maximum atomic E-state index is 13.6. The number of hydrogen-bond donors (Lipinski definition) is 0. The molecule has 3 aromatic heterocycles. The van der Waals surface area contributed by atoms with Gasteiger partial charge in [-0.05, 0) is 29.6 Å². The molecule has 1 aromatic carbocycles. The van der Waals surface area contributed by atoms with Crippen LogP contribution in [0.3, 0.4) is 0 Å². The summed E-state index contributed by atoms with van der Waals surface area (Å²) in [4.78, 5) is 5.14. The van der Waals surface area contributed by atoms with Gasteiger partial charge in [0.15, 0.2) is 11.3 Å². The lowest BCUT2D eigenvalue weighted by Gasteiger charge is -2.11. The molecule has 0 bridgehead atoms. The molecule has 0 aliphatic rings. The Labute approximate surface area is 171 Å². The van der Waals surface area contributed by atoms with E-state index < -0.39 is 11.9 Å². The molecule has 0 fully saturated rings. The molecule has 0 saturated carbocycles. The van der Waals surface area contributed by atoms with Gasteiger partial charge in [0.2, 0.25) is 0 Å². The Morgan fingerprint density at radius 2 is 1.86 bits per heavy atom. The summed E-state index contributed by atoms with van der Waals surface area (Å²) < 4.78 is 41.6. The van der Waals surface area contributed by atoms with Crippen LogP contribution < -0.4 is 0 Å². The molecule has 0 N–H and O–H groups in total. The lowest BCUT2D eigenvalue weighted by Crippen LogP contribution is -2.13. The zero-order chi connectivity index (χ0) is 19.9. The van der Waals surface area contributed by atoms with Crippen molar-refractivity contribution in [3.8, 4) is 23.1 Å². The van der Waals surface area contributed by atoms with Crippen molar-refractivity contribution in [3.63, 3.8) is 0 Å². The largest absolute Gasteiger partial charge is 0.433 e. The average Bonchev–Trinajstić information content (AvgIpc) is 3.30. The van der Waals surface area contributed by atoms with Crippen LogP contribution >= 0.6 is 34.5 Å². The molecule has 0 amide bonds. The highest BCUT2D eigenvalue weighted by Crippen LogP contribution is 2.34. The fourth-order valence-electron chi connectivity index (χ4n) is 2.53. The summed E-state index contributed by atoms with van der Waals surface area (Å²) >= 11 is 13.3. The number of halogens is 5. The van der Waals surface area contributed by atoms with E-state index in [-0.39, 0.29) is 16.4 Å². The molecule has 0 spiro atoms. The molecular formula is C19H8Cl2F3N3S. The number of hydrogen-bond acceptors (Lipinski definition) is 3. The van der Waals surface area contributed by atoms with Crippen molar-refractivity contribution < 1.29 is 13.2 Å². The van der Waals surface area contributed by atoms with Gasteiger partial charge in [-0.15, -0.1) is 11.3 Å². The summed E-state index contributed by atoms with van der Waals surface area (Å²) in [6.07, 6.45) is -3.35. The highest BCUT2D eigenvalue weighted by molar-refractivity contribution is 7.10. The highest BCUT2D eigenvalue weighted by Gasteiger charge is 2.35. The van der Waals surface area contributed by atoms with Crippen molar-refractivity contribution in [2.45, 2.75) is 6.18 Å². The van der Waals surface area contributed by atoms with Crippen molar-refractivity contribution in [3.05, 3.63) is 74.2 Å². The average molecular weight is 438 g/mol. The second-order valence-electron chi connectivity index (χ2n) is 5.67. The Hall–Kier alpha value is -2.53. The Kier molecular flexibility index (Phi) is 4.79. The standard InChI is InChI=1S/C19H8Cl2F3N3S/c20-14-6-4-11(8-15(14)21)16-9-17(19(22,23)24)27-18(26-16)12(10-25-27)3-5-13-2-1-7-28-13/h1-2,4,6-10H. The van der Waals surface area contributed by atoms with Gasteiger partial charge in [0.1, 0.15) is 0 Å². The molecule has 3 nitrogen and oxygen atoms in total. The number of alkyl halides is 3. The molecule has 28 heavy (non-hydrogen) atoms. The van der Waals surface area contributed by atoms with E-state index >= 15 is 0 Å². The summed E-state index contributed by atoms with van der Waals surface area (Å²) in [7, 11) is 0.